The second-order valence-electron chi connectivity index (χ2n) is 28.8. The van der Waals surface area contributed by atoms with Crippen LogP contribution in [0.25, 0.3) is 71.0 Å². The molecule has 5 aliphatic rings. The summed E-state index contributed by atoms with van der Waals surface area (Å²) in [5, 5.41) is 4.16. The molecule has 0 amide bonds. The fourth-order valence-electron chi connectivity index (χ4n) is 15.0. The van der Waals surface area contributed by atoms with Crippen molar-refractivity contribution in [3.05, 3.63) is 159 Å². The third-order valence-corrected chi connectivity index (χ3v) is 20.7. The van der Waals surface area contributed by atoms with Gasteiger partial charge in [-0.05, 0) is 178 Å². The van der Waals surface area contributed by atoms with E-state index in [1.807, 2.05) is 11.3 Å². The number of nitrogens with zero attached hydrogens (tertiary/aromatic N) is 2. The van der Waals surface area contributed by atoms with Gasteiger partial charge in [0.25, 0.3) is 0 Å². The molecule has 2 nitrogen and oxygen atoms in total. The molecule has 14 rings (SSSR count). The summed E-state index contributed by atoms with van der Waals surface area (Å²) in [5.41, 5.74) is 29.3. The summed E-state index contributed by atoms with van der Waals surface area (Å²) in [5.74, 6) is 0. The maximum absolute atomic E-state index is 2.82. The first-order valence-corrected chi connectivity index (χ1v) is 28.6. The van der Waals surface area contributed by atoms with Crippen molar-refractivity contribution in [1.82, 2.24) is 4.57 Å². The molecule has 372 valence electrons. The van der Waals surface area contributed by atoms with E-state index in [-0.39, 0.29) is 44.8 Å². The van der Waals surface area contributed by atoms with E-state index >= 15 is 0 Å². The fraction of sp³-hybridized carbons (Fsp3) is 0.371. The molecule has 0 saturated carbocycles. The quantitative estimate of drug-likeness (QED) is 0.149. The molecule has 0 unspecified atom stereocenters. The van der Waals surface area contributed by atoms with E-state index in [1.54, 1.807) is 5.56 Å². The second-order valence-corrected chi connectivity index (χ2v) is 29.9. The molecule has 3 aliphatic carbocycles. The molecule has 0 saturated heterocycles. The molecule has 4 heteroatoms. The SMILES string of the molecule is CC(C)(C)c1ccc(N2B3c4sc5ccc(C(C)(C)C)cc5c4-n4c5ccc(C(C)(C)C)cc5c5c6c(c(c3c54)-c3cc4c(cc32)-c2cc3c(cc2C4(C)C)C(C)(C)CCC3(C)C)-c2ccccc2C6(C)C)cc1. The second kappa shape index (κ2) is 14.1. The van der Waals surface area contributed by atoms with Crippen molar-refractivity contribution in [2.45, 2.75) is 168 Å². The Bertz CT molecular complexity index is 4010. The lowest BCUT2D eigenvalue weighted by molar-refractivity contribution is 0.331. The zero-order valence-electron chi connectivity index (χ0n) is 47.2. The maximum atomic E-state index is 2.82. The topological polar surface area (TPSA) is 8.17 Å². The standard InChI is InChI=1S/C70H73BN2S/c1-64(2,3)38-22-26-41(27-23-38)73-54-36-44-43-34-51-52(68(12,13)31-30-67(51,10)11)37-50(43)69(14,15)49(44)35-46(54)57-56-42-20-18-19-21-48(42)70(16,17)59(56)58-45-32-39(65(4,5)6)24-28-53(45)72-61-47-33-40(66(7,8)9)25-29-55(47)74-63(61)71(73)60(57)62(58)72/h18-29,32-37H,30-31H2,1-17H3. The van der Waals surface area contributed by atoms with E-state index in [0.29, 0.717) is 0 Å². The molecule has 74 heavy (non-hydrogen) atoms. The summed E-state index contributed by atoms with van der Waals surface area (Å²) in [6, 6.07) is 44.8. The minimum absolute atomic E-state index is 0.00562. The maximum Gasteiger partial charge on any atom is 0.343 e. The molecule has 0 bridgehead atoms. The first-order valence-electron chi connectivity index (χ1n) is 27.8. The molecular formula is C70H73BN2S. The summed E-state index contributed by atoms with van der Waals surface area (Å²) in [6.07, 6.45) is 2.40. The summed E-state index contributed by atoms with van der Waals surface area (Å²) >= 11 is 2.03. The highest BCUT2D eigenvalue weighted by Crippen LogP contribution is 2.62. The van der Waals surface area contributed by atoms with Gasteiger partial charge >= 0.3 is 6.85 Å². The van der Waals surface area contributed by atoms with Crippen molar-refractivity contribution < 1.29 is 0 Å². The van der Waals surface area contributed by atoms with Crippen LogP contribution in [-0.2, 0) is 37.9 Å². The van der Waals surface area contributed by atoms with Gasteiger partial charge in [-0.1, -0.05) is 172 Å². The molecule has 0 radical (unpaired) electrons. The van der Waals surface area contributed by atoms with E-state index in [1.165, 1.54) is 150 Å². The Labute approximate surface area is 445 Å². The molecule has 2 aliphatic heterocycles. The smallest absolute Gasteiger partial charge is 0.343 e. The third-order valence-electron chi connectivity index (χ3n) is 19.5. The Morgan fingerprint density at radius 1 is 0.500 bits per heavy atom. The van der Waals surface area contributed by atoms with Gasteiger partial charge in [0.15, 0.2) is 0 Å². The minimum atomic E-state index is -0.255. The molecule has 4 heterocycles. The van der Waals surface area contributed by atoms with Gasteiger partial charge in [0, 0.05) is 53.4 Å². The van der Waals surface area contributed by atoms with Crippen LogP contribution in [0.3, 0.4) is 0 Å². The Morgan fingerprint density at radius 3 is 1.73 bits per heavy atom. The van der Waals surface area contributed by atoms with Gasteiger partial charge in [0.05, 0.1) is 16.7 Å². The van der Waals surface area contributed by atoms with E-state index in [4.69, 9.17) is 0 Å². The third kappa shape index (κ3) is 5.90. The molecule has 2 aromatic heterocycles. The van der Waals surface area contributed by atoms with E-state index in [0.717, 1.165) is 0 Å². The van der Waals surface area contributed by atoms with Crippen molar-refractivity contribution in [1.29, 1.82) is 0 Å². The van der Waals surface area contributed by atoms with Crippen molar-refractivity contribution >= 4 is 71.7 Å². The summed E-state index contributed by atoms with van der Waals surface area (Å²) in [6.45, 7) is 41.2. The van der Waals surface area contributed by atoms with Crippen LogP contribution in [0.15, 0.2) is 109 Å². The number of hydrogen-bond acceptors (Lipinski definition) is 2. The first kappa shape index (κ1) is 46.7. The zero-order valence-corrected chi connectivity index (χ0v) is 48.0. The number of aromatic nitrogens is 1. The predicted octanol–water partition coefficient (Wildman–Crippen LogP) is 18.1. The lowest BCUT2D eigenvalue weighted by Crippen LogP contribution is -2.59. The van der Waals surface area contributed by atoms with E-state index < -0.39 is 0 Å². The van der Waals surface area contributed by atoms with Crippen LogP contribution in [0.4, 0.5) is 11.4 Å². The van der Waals surface area contributed by atoms with Crippen LogP contribution >= 0.6 is 11.3 Å². The Kier molecular flexibility index (Phi) is 8.92. The first-order chi connectivity index (χ1) is 34.6. The highest BCUT2D eigenvalue weighted by molar-refractivity contribution is 7.32. The van der Waals surface area contributed by atoms with Gasteiger partial charge < -0.3 is 9.38 Å². The average Bonchev–Trinajstić information content (AvgIpc) is 4.04. The number of fused-ring (bicyclic) bond motifs is 19. The van der Waals surface area contributed by atoms with Crippen molar-refractivity contribution in [2.24, 2.45) is 0 Å². The molecule has 0 N–H and O–H groups in total. The Balaban J connectivity index is 1.20. The molecule has 9 aromatic rings. The molecule has 0 atom stereocenters. The average molecular weight is 985 g/mol. The van der Waals surface area contributed by atoms with Gasteiger partial charge in [0.2, 0.25) is 0 Å². The molecule has 0 spiro atoms. The van der Waals surface area contributed by atoms with Crippen molar-refractivity contribution in [3.8, 4) is 39.1 Å². The molecular weight excluding hydrogens is 912 g/mol. The van der Waals surface area contributed by atoms with Crippen LogP contribution in [-0.4, -0.2) is 11.4 Å². The number of thiophene rings is 1. The van der Waals surface area contributed by atoms with Gasteiger partial charge in [-0.15, -0.1) is 11.3 Å². The van der Waals surface area contributed by atoms with Crippen LogP contribution in [0.5, 0.6) is 0 Å². The summed E-state index contributed by atoms with van der Waals surface area (Å²) < 4.78 is 5.55. The van der Waals surface area contributed by atoms with Crippen LogP contribution < -0.4 is 15.1 Å². The van der Waals surface area contributed by atoms with Gasteiger partial charge in [-0.3, -0.25) is 0 Å². The zero-order chi connectivity index (χ0) is 52.1. The normalized spacial score (nSPS) is 18.1. The highest BCUT2D eigenvalue weighted by Gasteiger charge is 2.52. The van der Waals surface area contributed by atoms with Crippen LogP contribution in [0.2, 0.25) is 0 Å². The highest BCUT2D eigenvalue weighted by atomic mass is 32.1. The number of rotatable bonds is 1. The van der Waals surface area contributed by atoms with E-state index in [9.17, 15) is 0 Å². The van der Waals surface area contributed by atoms with Crippen molar-refractivity contribution in [3.63, 3.8) is 0 Å². The summed E-state index contributed by atoms with van der Waals surface area (Å²) in [4.78, 5) is 2.82. The lowest BCUT2D eigenvalue weighted by Gasteiger charge is -2.43. The lowest BCUT2D eigenvalue weighted by atomic mass is 9.46. The van der Waals surface area contributed by atoms with Crippen LogP contribution in [0, 0.1) is 0 Å². The monoisotopic (exact) mass is 985 g/mol. The fourth-order valence-corrected chi connectivity index (χ4v) is 16.2. The van der Waals surface area contributed by atoms with Crippen molar-refractivity contribution in [2.75, 3.05) is 4.81 Å². The van der Waals surface area contributed by atoms with E-state index in [2.05, 4.69) is 236 Å². The van der Waals surface area contributed by atoms with Gasteiger partial charge in [-0.25, -0.2) is 0 Å². The Hall–Kier alpha value is -5.84. The molecule has 7 aromatic carbocycles. The largest absolute Gasteiger partial charge is 0.376 e. The van der Waals surface area contributed by atoms with Gasteiger partial charge in [-0.2, -0.15) is 0 Å². The number of hydrogen-bond donors (Lipinski definition) is 0. The Morgan fingerprint density at radius 2 is 1.07 bits per heavy atom. The minimum Gasteiger partial charge on any atom is -0.376 e. The summed E-state index contributed by atoms with van der Waals surface area (Å²) in [7, 11) is 0. The predicted molar refractivity (Wildman–Crippen MR) is 322 cm³/mol. The molecule has 0 fully saturated rings. The van der Waals surface area contributed by atoms with Crippen LogP contribution in [0.1, 0.15) is 181 Å². The number of benzene rings is 7. The van der Waals surface area contributed by atoms with Gasteiger partial charge in [0.1, 0.15) is 0 Å². The number of anilines is 2.